The predicted octanol–water partition coefficient (Wildman–Crippen LogP) is -0.654. The van der Waals surface area contributed by atoms with Crippen LogP contribution in [0.3, 0.4) is 0 Å². The van der Waals surface area contributed by atoms with Crippen LogP contribution in [0.4, 0.5) is 0 Å². The third-order valence-corrected chi connectivity index (χ3v) is 1.29. The van der Waals surface area contributed by atoms with E-state index >= 15 is 0 Å². The Labute approximate surface area is 47.7 Å². The molecule has 1 saturated heterocycles. The van der Waals surface area contributed by atoms with Crippen LogP contribution in [0.5, 0.6) is 0 Å². The van der Waals surface area contributed by atoms with Crippen LogP contribution in [0, 0.1) is 0 Å². The number of carbonyl (C=O) groups excluding carboxylic acids is 1. The van der Waals surface area contributed by atoms with Crippen LogP contribution in [0.25, 0.3) is 0 Å². The Balaban J connectivity index is 2.32. The summed E-state index contributed by atoms with van der Waals surface area (Å²) in [4.78, 5) is 9.95. The summed E-state index contributed by atoms with van der Waals surface area (Å²) in [6.45, 7) is 0.448. The van der Waals surface area contributed by atoms with Crippen molar-refractivity contribution in [1.82, 2.24) is 5.32 Å². The Morgan fingerprint density at radius 1 is 1.62 bits per heavy atom. The highest BCUT2D eigenvalue weighted by Gasteiger charge is 2.21. The average molecular weight is 114 g/mol. The van der Waals surface area contributed by atoms with Gasteiger partial charge in [-0.05, 0) is 0 Å². The summed E-state index contributed by atoms with van der Waals surface area (Å²) >= 11 is 0. The first-order valence-corrected chi connectivity index (χ1v) is 2.67. The number of rotatable bonds is 1. The van der Waals surface area contributed by atoms with Crippen molar-refractivity contribution in [2.24, 2.45) is 0 Å². The van der Waals surface area contributed by atoms with Gasteiger partial charge in [-0.3, -0.25) is 0 Å². The Kier molecular flexibility index (Phi) is 1.60. The number of aldehydes is 1. The number of carbonyl (C=O) groups is 1. The van der Waals surface area contributed by atoms with E-state index in [4.69, 9.17) is 0 Å². The minimum Gasteiger partial charge on any atom is -0.305 e. The smallest absolute Gasteiger partial charge is 0.137 e. The van der Waals surface area contributed by atoms with Gasteiger partial charge in [0.1, 0.15) is 12.4 Å². The first-order chi connectivity index (χ1) is 3.83. The zero-order valence-electron chi connectivity index (χ0n) is 4.46. The highest BCUT2D eigenvalue weighted by molar-refractivity contribution is 5.58. The molecule has 1 radical (unpaired) electrons. The minimum atomic E-state index is -0.565. The van der Waals surface area contributed by atoms with E-state index in [-0.39, 0.29) is 6.04 Å². The van der Waals surface area contributed by atoms with Crippen molar-refractivity contribution in [2.45, 2.75) is 18.6 Å². The fraction of sp³-hybridized carbons (Fsp3) is 0.800. The minimum absolute atomic E-state index is 0.169. The maximum Gasteiger partial charge on any atom is 0.137 e. The molecule has 0 aliphatic carbocycles. The second kappa shape index (κ2) is 2.24. The fourth-order valence-electron chi connectivity index (χ4n) is 0.836. The monoisotopic (exact) mass is 114 g/mol. The van der Waals surface area contributed by atoms with Crippen molar-refractivity contribution >= 4 is 6.29 Å². The summed E-state index contributed by atoms with van der Waals surface area (Å²) in [5, 5.41) is 13.2. The summed E-state index contributed by atoms with van der Waals surface area (Å²) in [5.74, 6) is 0. The van der Waals surface area contributed by atoms with Crippen molar-refractivity contribution in [2.75, 3.05) is 6.54 Å². The highest BCUT2D eigenvalue weighted by Crippen LogP contribution is 2.03. The van der Waals surface area contributed by atoms with E-state index in [0.717, 1.165) is 6.29 Å². The van der Waals surface area contributed by atoms with E-state index in [1.165, 1.54) is 0 Å². The Bertz CT molecular complexity index is 94.4. The molecule has 3 nitrogen and oxygen atoms in total. The molecular formula is C5H8NO2. The van der Waals surface area contributed by atoms with E-state index in [1.54, 1.807) is 0 Å². The summed E-state index contributed by atoms with van der Waals surface area (Å²) in [5.41, 5.74) is 0. The molecule has 3 heteroatoms. The van der Waals surface area contributed by atoms with Gasteiger partial charge in [0.05, 0.1) is 6.04 Å². The Hall–Kier alpha value is -0.410. The van der Waals surface area contributed by atoms with Crippen LogP contribution in [-0.2, 0) is 9.90 Å². The predicted molar refractivity (Wildman–Crippen MR) is 26.9 cm³/mol. The second-order valence-electron chi connectivity index (χ2n) is 2.01. The van der Waals surface area contributed by atoms with Crippen molar-refractivity contribution in [3.63, 3.8) is 0 Å². The molecule has 1 aliphatic rings. The molecule has 1 heterocycles. The van der Waals surface area contributed by atoms with Gasteiger partial charge in [0.15, 0.2) is 0 Å². The van der Waals surface area contributed by atoms with E-state index < -0.39 is 6.10 Å². The molecule has 0 amide bonds. The fourth-order valence-corrected chi connectivity index (χ4v) is 0.836. The van der Waals surface area contributed by atoms with Gasteiger partial charge in [-0.25, -0.2) is 5.11 Å². The van der Waals surface area contributed by atoms with E-state index in [0.29, 0.717) is 13.0 Å². The lowest BCUT2D eigenvalue weighted by Gasteiger charge is -1.93. The number of hydrogen-bond donors (Lipinski definition) is 1. The van der Waals surface area contributed by atoms with E-state index in [2.05, 4.69) is 5.32 Å². The van der Waals surface area contributed by atoms with Crippen LogP contribution in [0.1, 0.15) is 6.42 Å². The molecular weight excluding hydrogens is 106 g/mol. The van der Waals surface area contributed by atoms with Gasteiger partial charge in [-0.15, -0.1) is 0 Å². The van der Waals surface area contributed by atoms with Gasteiger partial charge >= 0.3 is 0 Å². The molecule has 45 valence electrons. The van der Waals surface area contributed by atoms with Crippen LogP contribution in [0.15, 0.2) is 0 Å². The summed E-state index contributed by atoms with van der Waals surface area (Å²) in [6.07, 6.45) is 0.687. The van der Waals surface area contributed by atoms with Gasteiger partial charge in [0, 0.05) is 13.0 Å². The lowest BCUT2D eigenvalue weighted by atomic mass is 10.2. The molecule has 0 aromatic rings. The normalized spacial score (nSPS) is 37.6. The van der Waals surface area contributed by atoms with Crippen molar-refractivity contribution in [3.8, 4) is 0 Å². The zero-order chi connectivity index (χ0) is 5.98. The Morgan fingerprint density at radius 2 is 2.38 bits per heavy atom. The molecule has 0 spiro atoms. The SMILES string of the molecule is [O]C1CN[C@H](C=O)C1. The summed E-state index contributed by atoms with van der Waals surface area (Å²) in [6, 6.07) is -0.169. The second-order valence-corrected chi connectivity index (χ2v) is 2.01. The molecule has 1 aliphatic heterocycles. The standard InChI is InChI=1S/C5H8NO2/c7-3-4-1-5(8)2-6-4/h3-6H,1-2H2/t4-,5?/m0/s1. The van der Waals surface area contributed by atoms with Crippen LogP contribution in [0.2, 0.25) is 0 Å². The van der Waals surface area contributed by atoms with Gasteiger partial charge in [0.2, 0.25) is 0 Å². The third-order valence-electron chi connectivity index (χ3n) is 1.29. The largest absolute Gasteiger partial charge is 0.305 e. The van der Waals surface area contributed by atoms with Crippen molar-refractivity contribution in [1.29, 1.82) is 0 Å². The topological polar surface area (TPSA) is 49.0 Å². The molecule has 1 unspecified atom stereocenters. The highest BCUT2D eigenvalue weighted by atomic mass is 16.3. The quantitative estimate of drug-likeness (QED) is 0.460. The molecule has 0 aromatic heterocycles. The molecule has 1 rings (SSSR count). The average Bonchev–Trinajstić information content (AvgIpc) is 2.14. The number of nitrogens with one attached hydrogen (secondary N) is 1. The lowest BCUT2D eigenvalue weighted by molar-refractivity contribution is -0.109. The first kappa shape index (κ1) is 5.72. The zero-order valence-corrected chi connectivity index (χ0v) is 4.46. The van der Waals surface area contributed by atoms with Crippen molar-refractivity contribution in [3.05, 3.63) is 0 Å². The van der Waals surface area contributed by atoms with Crippen LogP contribution >= 0.6 is 0 Å². The molecule has 0 bridgehead atoms. The molecule has 8 heavy (non-hydrogen) atoms. The third kappa shape index (κ3) is 1.05. The summed E-state index contributed by atoms with van der Waals surface area (Å²) in [7, 11) is 0. The van der Waals surface area contributed by atoms with Crippen LogP contribution < -0.4 is 5.32 Å². The van der Waals surface area contributed by atoms with Gasteiger partial charge in [-0.1, -0.05) is 0 Å². The molecule has 1 N–H and O–H groups in total. The maximum absolute atomic E-state index is 10.5. The van der Waals surface area contributed by atoms with Gasteiger partial charge in [-0.2, -0.15) is 0 Å². The summed E-state index contributed by atoms with van der Waals surface area (Å²) < 4.78 is 0. The van der Waals surface area contributed by atoms with Crippen molar-refractivity contribution < 1.29 is 9.90 Å². The van der Waals surface area contributed by atoms with Gasteiger partial charge in [0.25, 0.3) is 0 Å². The molecule has 0 saturated carbocycles. The van der Waals surface area contributed by atoms with Gasteiger partial charge < -0.3 is 10.1 Å². The lowest BCUT2D eigenvalue weighted by Crippen LogP contribution is -2.22. The number of hydrogen-bond acceptors (Lipinski definition) is 2. The molecule has 1 fully saturated rings. The Morgan fingerprint density at radius 3 is 2.62 bits per heavy atom. The van der Waals surface area contributed by atoms with Crippen LogP contribution in [-0.4, -0.2) is 25.0 Å². The maximum atomic E-state index is 10.5. The molecule has 0 aromatic carbocycles. The molecule has 2 atom stereocenters. The van der Waals surface area contributed by atoms with E-state index in [9.17, 15) is 9.90 Å². The van der Waals surface area contributed by atoms with E-state index in [1.807, 2.05) is 0 Å². The first-order valence-electron chi connectivity index (χ1n) is 2.67.